The first-order valence-electron chi connectivity index (χ1n) is 5.78. The van der Waals surface area contributed by atoms with Crippen molar-refractivity contribution in [3.8, 4) is 11.5 Å². The molecule has 0 heterocycles. The molecule has 0 radical (unpaired) electrons. The summed E-state index contributed by atoms with van der Waals surface area (Å²) in [6.45, 7) is 2.95. The standard InChI is InChI=1S/C13H19NO4.ClH/c1-4-18-13(15)9-14-8-10-5-6-11(16-2)12(7-10)17-3;/h5-7,14H,4,8-9H2,1-3H3;1H. The number of hydrogen-bond acceptors (Lipinski definition) is 5. The first-order valence-corrected chi connectivity index (χ1v) is 5.78. The van der Waals surface area contributed by atoms with Crippen molar-refractivity contribution in [1.82, 2.24) is 5.32 Å². The highest BCUT2D eigenvalue weighted by molar-refractivity contribution is 5.85. The second kappa shape index (κ2) is 9.47. The minimum Gasteiger partial charge on any atom is -0.493 e. The number of nitrogens with one attached hydrogen (secondary N) is 1. The van der Waals surface area contributed by atoms with E-state index in [4.69, 9.17) is 14.2 Å². The average Bonchev–Trinajstić information content (AvgIpc) is 2.38. The zero-order valence-corrected chi connectivity index (χ0v) is 12.2. The van der Waals surface area contributed by atoms with Gasteiger partial charge in [0.25, 0.3) is 0 Å². The Labute approximate surface area is 119 Å². The summed E-state index contributed by atoms with van der Waals surface area (Å²) in [5, 5.41) is 3.00. The minimum atomic E-state index is -0.252. The van der Waals surface area contributed by atoms with Gasteiger partial charge >= 0.3 is 5.97 Å². The van der Waals surface area contributed by atoms with Gasteiger partial charge in [0.1, 0.15) is 0 Å². The Bertz CT molecular complexity index is 398. The molecule has 108 valence electrons. The summed E-state index contributed by atoms with van der Waals surface area (Å²) < 4.78 is 15.2. The van der Waals surface area contributed by atoms with Gasteiger partial charge < -0.3 is 19.5 Å². The van der Waals surface area contributed by atoms with Crippen molar-refractivity contribution in [1.29, 1.82) is 0 Å². The lowest BCUT2D eigenvalue weighted by Gasteiger charge is -2.10. The van der Waals surface area contributed by atoms with Gasteiger partial charge in [0.15, 0.2) is 11.5 Å². The van der Waals surface area contributed by atoms with E-state index in [0.29, 0.717) is 24.7 Å². The van der Waals surface area contributed by atoms with E-state index in [0.717, 1.165) is 5.56 Å². The molecule has 1 aromatic carbocycles. The maximum absolute atomic E-state index is 11.1. The van der Waals surface area contributed by atoms with Crippen LogP contribution in [0.2, 0.25) is 0 Å². The number of benzene rings is 1. The van der Waals surface area contributed by atoms with Crippen LogP contribution in [-0.2, 0) is 16.1 Å². The van der Waals surface area contributed by atoms with E-state index in [2.05, 4.69) is 5.32 Å². The molecule has 0 bridgehead atoms. The molecule has 0 aliphatic carbocycles. The topological polar surface area (TPSA) is 56.8 Å². The van der Waals surface area contributed by atoms with Gasteiger partial charge in [-0.25, -0.2) is 0 Å². The van der Waals surface area contributed by atoms with Crippen molar-refractivity contribution in [2.75, 3.05) is 27.4 Å². The first-order chi connectivity index (χ1) is 8.71. The smallest absolute Gasteiger partial charge is 0.319 e. The van der Waals surface area contributed by atoms with Gasteiger partial charge in [0.05, 0.1) is 27.4 Å². The lowest BCUT2D eigenvalue weighted by atomic mass is 10.2. The molecule has 0 aliphatic heterocycles. The minimum absolute atomic E-state index is 0. The molecule has 0 atom stereocenters. The van der Waals surface area contributed by atoms with E-state index < -0.39 is 0 Å². The maximum Gasteiger partial charge on any atom is 0.319 e. The monoisotopic (exact) mass is 289 g/mol. The molecule has 5 nitrogen and oxygen atoms in total. The van der Waals surface area contributed by atoms with Gasteiger partial charge in [0, 0.05) is 6.54 Å². The lowest BCUT2D eigenvalue weighted by Crippen LogP contribution is -2.24. The molecule has 1 aromatic rings. The van der Waals surface area contributed by atoms with Crippen LogP contribution in [0.4, 0.5) is 0 Å². The van der Waals surface area contributed by atoms with Gasteiger partial charge in [-0.15, -0.1) is 12.4 Å². The van der Waals surface area contributed by atoms with E-state index in [-0.39, 0.29) is 24.9 Å². The molecule has 0 fully saturated rings. The fourth-order valence-corrected chi connectivity index (χ4v) is 1.51. The van der Waals surface area contributed by atoms with Gasteiger partial charge in [-0.2, -0.15) is 0 Å². The number of rotatable bonds is 7. The number of hydrogen-bond donors (Lipinski definition) is 1. The third kappa shape index (κ3) is 5.81. The summed E-state index contributed by atoms with van der Waals surface area (Å²) in [5.41, 5.74) is 1.01. The number of ether oxygens (including phenoxy) is 3. The Kier molecular flexibility index (Phi) is 8.74. The number of esters is 1. The molecule has 6 heteroatoms. The molecule has 0 amide bonds. The highest BCUT2D eigenvalue weighted by atomic mass is 35.5. The fourth-order valence-electron chi connectivity index (χ4n) is 1.51. The van der Waals surface area contributed by atoms with E-state index >= 15 is 0 Å². The van der Waals surface area contributed by atoms with Crippen LogP contribution in [0.15, 0.2) is 18.2 Å². The summed E-state index contributed by atoms with van der Waals surface area (Å²) in [4.78, 5) is 11.1. The molecule has 0 spiro atoms. The third-order valence-electron chi connectivity index (χ3n) is 2.35. The van der Waals surface area contributed by atoms with Gasteiger partial charge in [-0.1, -0.05) is 6.07 Å². The van der Waals surface area contributed by atoms with Crippen molar-refractivity contribution in [3.05, 3.63) is 23.8 Å². The highest BCUT2D eigenvalue weighted by Crippen LogP contribution is 2.27. The molecular weight excluding hydrogens is 270 g/mol. The summed E-state index contributed by atoms with van der Waals surface area (Å²) in [7, 11) is 3.18. The lowest BCUT2D eigenvalue weighted by molar-refractivity contribution is -0.142. The second-order valence-electron chi connectivity index (χ2n) is 3.60. The summed E-state index contributed by atoms with van der Waals surface area (Å²) >= 11 is 0. The Morgan fingerprint density at radius 3 is 2.47 bits per heavy atom. The van der Waals surface area contributed by atoms with Crippen molar-refractivity contribution in [2.24, 2.45) is 0 Å². The zero-order chi connectivity index (χ0) is 13.4. The zero-order valence-electron chi connectivity index (χ0n) is 11.4. The Morgan fingerprint density at radius 2 is 1.89 bits per heavy atom. The van der Waals surface area contributed by atoms with Crippen LogP contribution in [0.25, 0.3) is 0 Å². The van der Waals surface area contributed by atoms with Gasteiger partial charge in [-0.05, 0) is 24.6 Å². The maximum atomic E-state index is 11.1. The molecule has 0 aromatic heterocycles. The van der Waals surface area contributed by atoms with Crippen LogP contribution in [0, 0.1) is 0 Å². The van der Waals surface area contributed by atoms with Crippen LogP contribution in [0.1, 0.15) is 12.5 Å². The van der Waals surface area contributed by atoms with E-state index in [1.54, 1.807) is 21.1 Å². The number of methoxy groups -OCH3 is 2. The molecule has 0 aliphatic rings. The summed E-state index contributed by atoms with van der Waals surface area (Å²) in [6.07, 6.45) is 0. The van der Waals surface area contributed by atoms with Crippen molar-refractivity contribution in [2.45, 2.75) is 13.5 Å². The van der Waals surface area contributed by atoms with E-state index in [1.165, 1.54) is 0 Å². The van der Waals surface area contributed by atoms with Crippen LogP contribution in [-0.4, -0.2) is 33.3 Å². The van der Waals surface area contributed by atoms with Crippen molar-refractivity contribution >= 4 is 18.4 Å². The second-order valence-corrected chi connectivity index (χ2v) is 3.60. The Hall–Kier alpha value is -1.46. The van der Waals surface area contributed by atoms with Crippen LogP contribution >= 0.6 is 12.4 Å². The Morgan fingerprint density at radius 1 is 1.21 bits per heavy atom. The fraction of sp³-hybridized carbons (Fsp3) is 0.462. The average molecular weight is 290 g/mol. The number of halogens is 1. The highest BCUT2D eigenvalue weighted by Gasteiger charge is 2.05. The SMILES string of the molecule is CCOC(=O)CNCc1ccc(OC)c(OC)c1.Cl. The van der Waals surface area contributed by atoms with E-state index in [9.17, 15) is 4.79 Å². The number of carbonyl (C=O) groups excluding carboxylic acids is 1. The van der Waals surface area contributed by atoms with Gasteiger partial charge in [-0.3, -0.25) is 4.79 Å². The molecule has 19 heavy (non-hydrogen) atoms. The molecule has 0 unspecified atom stereocenters. The molecular formula is C13H20ClNO4. The normalized spacial score (nSPS) is 9.42. The van der Waals surface area contributed by atoms with Crippen LogP contribution in [0.5, 0.6) is 11.5 Å². The summed E-state index contributed by atoms with van der Waals surface area (Å²) in [6, 6.07) is 5.62. The van der Waals surface area contributed by atoms with Crippen molar-refractivity contribution < 1.29 is 19.0 Å². The molecule has 1 rings (SSSR count). The predicted molar refractivity (Wildman–Crippen MR) is 75.1 cm³/mol. The third-order valence-corrected chi connectivity index (χ3v) is 2.35. The summed E-state index contributed by atoms with van der Waals surface area (Å²) in [5.74, 6) is 1.11. The van der Waals surface area contributed by atoms with E-state index in [1.807, 2.05) is 18.2 Å². The quantitative estimate of drug-likeness (QED) is 0.776. The number of carbonyl (C=O) groups is 1. The van der Waals surface area contributed by atoms with Crippen LogP contribution < -0.4 is 14.8 Å². The Balaban J connectivity index is 0.00000324. The molecule has 0 saturated heterocycles. The first kappa shape index (κ1) is 17.5. The molecule has 1 N–H and O–H groups in total. The molecule has 0 saturated carbocycles. The van der Waals surface area contributed by atoms with Crippen LogP contribution in [0.3, 0.4) is 0 Å². The van der Waals surface area contributed by atoms with Crippen molar-refractivity contribution in [3.63, 3.8) is 0 Å². The largest absolute Gasteiger partial charge is 0.493 e. The van der Waals surface area contributed by atoms with Gasteiger partial charge in [0.2, 0.25) is 0 Å². The predicted octanol–water partition coefficient (Wildman–Crippen LogP) is 1.78.